The minimum Gasteiger partial charge on any atom is -0.393 e. The number of aryl methyl sites for hydroxylation is 1. The maximum absolute atomic E-state index is 9.45. The zero-order valence-electron chi connectivity index (χ0n) is 9.33. The third kappa shape index (κ3) is 2.85. The summed E-state index contributed by atoms with van der Waals surface area (Å²) in [6.07, 6.45) is 2.06. The molecule has 0 radical (unpaired) electrons. The summed E-state index contributed by atoms with van der Waals surface area (Å²) in [5.74, 6) is 0.227. The molecular formula is C13H20O. The van der Waals surface area contributed by atoms with Gasteiger partial charge in [-0.05, 0) is 24.5 Å². The zero-order valence-corrected chi connectivity index (χ0v) is 9.33. The molecule has 1 N–H and O–H groups in total. The average Bonchev–Trinajstić information content (AvgIpc) is 2.18. The van der Waals surface area contributed by atoms with Gasteiger partial charge in [-0.3, -0.25) is 0 Å². The van der Waals surface area contributed by atoms with Crippen molar-refractivity contribution in [3.63, 3.8) is 0 Å². The van der Waals surface area contributed by atoms with E-state index in [4.69, 9.17) is 0 Å². The Kier molecular flexibility index (Phi) is 4.15. The van der Waals surface area contributed by atoms with Crippen molar-refractivity contribution < 1.29 is 5.11 Å². The predicted octanol–water partition coefficient (Wildman–Crippen LogP) is 3.12. The second kappa shape index (κ2) is 5.16. The highest BCUT2D eigenvalue weighted by Crippen LogP contribution is 2.19. The second-order valence-electron chi connectivity index (χ2n) is 4.02. The SMILES string of the molecule is CCCc1ccc(C(C)C(C)O)cc1. The van der Waals surface area contributed by atoms with E-state index < -0.39 is 0 Å². The molecule has 1 aromatic carbocycles. The lowest BCUT2D eigenvalue weighted by Gasteiger charge is -2.15. The molecule has 2 unspecified atom stereocenters. The normalized spacial score (nSPS) is 15.1. The average molecular weight is 192 g/mol. The van der Waals surface area contributed by atoms with Crippen molar-refractivity contribution in [2.24, 2.45) is 0 Å². The topological polar surface area (TPSA) is 20.2 Å². The van der Waals surface area contributed by atoms with Crippen LogP contribution < -0.4 is 0 Å². The van der Waals surface area contributed by atoms with Gasteiger partial charge in [-0.25, -0.2) is 0 Å². The molecule has 2 atom stereocenters. The van der Waals surface area contributed by atoms with E-state index in [-0.39, 0.29) is 12.0 Å². The molecule has 0 amide bonds. The van der Waals surface area contributed by atoms with Crippen molar-refractivity contribution >= 4 is 0 Å². The van der Waals surface area contributed by atoms with E-state index in [9.17, 15) is 5.11 Å². The lowest BCUT2D eigenvalue weighted by Crippen LogP contribution is -2.10. The van der Waals surface area contributed by atoms with Gasteiger partial charge in [-0.1, -0.05) is 44.5 Å². The first-order valence-corrected chi connectivity index (χ1v) is 5.42. The van der Waals surface area contributed by atoms with Crippen molar-refractivity contribution in [2.75, 3.05) is 0 Å². The van der Waals surface area contributed by atoms with Gasteiger partial charge in [0, 0.05) is 5.92 Å². The Hall–Kier alpha value is -0.820. The van der Waals surface area contributed by atoms with Crippen LogP contribution in [-0.2, 0) is 6.42 Å². The summed E-state index contributed by atoms with van der Waals surface area (Å²) in [5.41, 5.74) is 2.61. The molecule has 1 aromatic rings. The quantitative estimate of drug-likeness (QED) is 0.777. The van der Waals surface area contributed by atoms with Crippen LogP contribution in [0.4, 0.5) is 0 Å². The first-order chi connectivity index (χ1) is 6.65. The fourth-order valence-corrected chi connectivity index (χ4v) is 1.56. The Balaban J connectivity index is 2.72. The summed E-state index contributed by atoms with van der Waals surface area (Å²) in [6.45, 7) is 6.08. The summed E-state index contributed by atoms with van der Waals surface area (Å²) in [5, 5.41) is 9.45. The number of rotatable bonds is 4. The van der Waals surface area contributed by atoms with Gasteiger partial charge in [0.1, 0.15) is 0 Å². The van der Waals surface area contributed by atoms with E-state index in [1.807, 2.05) is 6.92 Å². The lowest BCUT2D eigenvalue weighted by molar-refractivity contribution is 0.169. The molecule has 78 valence electrons. The minimum atomic E-state index is -0.271. The summed E-state index contributed by atoms with van der Waals surface area (Å²) in [7, 11) is 0. The van der Waals surface area contributed by atoms with Gasteiger partial charge >= 0.3 is 0 Å². The van der Waals surface area contributed by atoms with Crippen LogP contribution in [0.15, 0.2) is 24.3 Å². The summed E-state index contributed by atoms with van der Waals surface area (Å²) >= 11 is 0. The Morgan fingerprint density at radius 3 is 2.14 bits per heavy atom. The molecular weight excluding hydrogens is 172 g/mol. The highest BCUT2D eigenvalue weighted by Gasteiger charge is 2.10. The van der Waals surface area contributed by atoms with Crippen molar-refractivity contribution in [3.8, 4) is 0 Å². The Bertz CT molecular complexity index is 261. The van der Waals surface area contributed by atoms with E-state index in [1.54, 1.807) is 0 Å². The summed E-state index contributed by atoms with van der Waals surface area (Å²) in [6, 6.07) is 8.58. The van der Waals surface area contributed by atoms with Crippen molar-refractivity contribution in [1.29, 1.82) is 0 Å². The molecule has 0 bridgehead atoms. The maximum atomic E-state index is 9.45. The molecule has 0 saturated carbocycles. The molecule has 0 aliphatic rings. The molecule has 1 nitrogen and oxygen atoms in total. The van der Waals surface area contributed by atoms with E-state index in [2.05, 4.69) is 38.1 Å². The van der Waals surface area contributed by atoms with Gasteiger partial charge < -0.3 is 5.11 Å². The first-order valence-electron chi connectivity index (χ1n) is 5.42. The number of aliphatic hydroxyl groups excluding tert-OH is 1. The van der Waals surface area contributed by atoms with Crippen LogP contribution in [0.2, 0.25) is 0 Å². The van der Waals surface area contributed by atoms with Crippen LogP contribution in [0.1, 0.15) is 44.2 Å². The molecule has 0 saturated heterocycles. The number of hydrogen-bond acceptors (Lipinski definition) is 1. The highest BCUT2D eigenvalue weighted by atomic mass is 16.3. The smallest absolute Gasteiger partial charge is 0.0577 e. The van der Waals surface area contributed by atoms with Crippen molar-refractivity contribution in [3.05, 3.63) is 35.4 Å². The predicted molar refractivity (Wildman–Crippen MR) is 60.5 cm³/mol. The van der Waals surface area contributed by atoms with Crippen LogP contribution in [-0.4, -0.2) is 11.2 Å². The van der Waals surface area contributed by atoms with E-state index in [0.29, 0.717) is 0 Å². The van der Waals surface area contributed by atoms with E-state index >= 15 is 0 Å². The van der Waals surface area contributed by atoms with Gasteiger partial charge in [0.15, 0.2) is 0 Å². The number of benzene rings is 1. The Morgan fingerprint density at radius 2 is 1.71 bits per heavy atom. The Morgan fingerprint density at radius 1 is 1.14 bits per heavy atom. The van der Waals surface area contributed by atoms with Gasteiger partial charge in [0.25, 0.3) is 0 Å². The van der Waals surface area contributed by atoms with Crippen LogP contribution in [0.5, 0.6) is 0 Å². The molecule has 1 rings (SSSR count). The molecule has 14 heavy (non-hydrogen) atoms. The number of aliphatic hydroxyl groups is 1. The van der Waals surface area contributed by atoms with Crippen molar-refractivity contribution in [1.82, 2.24) is 0 Å². The monoisotopic (exact) mass is 192 g/mol. The van der Waals surface area contributed by atoms with Gasteiger partial charge in [0.2, 0.25) is 0 Å². The molecule has 1 heteroatoms. The fourth-order valence-electron chi connectivity index (χ4n) is 1.56. The lowest BCUT2D eigenvalue weighted by atomic mass is 9.95. The maximum Gasteiger partial charge on any atom is 0.0577 e. The molecule has 0 aliphatic heterocycles. The fraction of sp³-hybridized carbons (Fsp3) is 0.538. The van der Waals surface area contributed by atoms with Crippen LogP contribution in [0.3, 0.4) is 0 Å². The molecule has 0 spiro atoms. The molecule has 0 aromatic heterocycles. The summed E-state index contributed by atoms with van der Waals surface area (Å²) in [4.78, 5) is 0. The molecule has 0 aliphatic carbocycles. The number of hydrogen-bond donors (Lipinski definition) is 1. The first kappa shape index (κ1) is 11.3. The third-order valence-corrected chi connectivity index (χ3v) is 2.77. The Labute approximate surface area is 86.8 Å². The largest absolute Gasteiger partial charge is 0.393 e. The van der Waals surface area contributed by atoms with Gasteiger partial charge in [0.05, 0.1) is 6.10 Å². The van der Waals surface area contributed by atoms with Gasteiger partial charge in [-0.2, -0.15) is 0 Å². The third-order valence-electron chi connectivity index (χ3n) is 2.77. The highest BCUT2D eigenvalue weighted by molar-refractivity contribution is 5.25. The molecule has 0 fully saturated rings. The van der Waals surface area contributed by atoms with Gasteiger partial charge in [-0.15, -0.1) is 0 Å². The second-order valence-corrected chi connectivity index (χ2v) is 4.02. The zero-order chi connectivity index (χ0) is 10.6. The molecule has 0 heterocycles. The van der Waals surface area contributed by atoms with Crippen LogP contribution in [0, 0.1) is 0 Å². The van der Waals surface area contributed by atoms with E-state index in [1.165, 1.54) is 17.5 Å². The summed E-state index contributed by atoms with van der Waals surface area (Å²) < 4.78 is 0. The standard InChI is InChI=1S/C13H20O/c1-4-5-12-6-8-13(9-7-12)10(2)11(3)14/h6-11,14H,4-5H2,1-3H3. The van der Waals surface area contributed by atoms with Crippen molar-refractivity contribution in [2.45, 2.75) is 45.6 Å². The minimum absolute atomic E-state index is 0.227. The van der Waals surface area contributed by atoms with Crippen LogP contribution in [0.25, 0.3) is 0 Å². The van der Waals surface area contributed by atoms with E-state index in [0.717, 1.165) is 6.42 Å². The van der Waals surface area contributed by atoms with Crippen LogP contribution >= 0.6 is 0 Å².